The summed E-state index contributed by atoms with van der Waals surface area (Å²) in [6, 6.07) is 29.4. The number of carbonyl (C=O) groups excluding carboxylic acids is 2. The van der Waals surface area contributed by atoms with Gasteiger partial charge >= 0.3 is 0 Å². The van der Waals surface area contributed by atoms with Crippen LogP contribution in [0.1, 0.15) is 22.8 Å². The minimum absolute atomic E-state index is 0.00386. The van der Waals surface area contributed by atoms with Crippen molar-refractivity contribution in [2.24, 2.45) is 0 Å². The Bertz CT molecular complexity index is 1670. The van der Waals surface area contributed by atoms with Crippen LogP contribution >= 0.6 is 11.8 Å². The van der Waals surface area contributed by atoms with Crippen LogP contribution in [-0.4, -0.2) is 67.8 Å². The smallest absolute Gasteiger partial charge is 0.254 e. The van der Waals surface area contributed by atoms with Crippen LogP contribution in [0.15, 0.2) is 107 Å². The lowest BCUT2D eigenvalue weighted by Gasteiger charge is -2.40. The van der Waals surface area contributed by atoms with E-state index >= 15 is 0 Å². The number of piperazine rings is 1. The van der Waals surface area contributed by atoms with E-state index in [0.29, 0.717) is 41.9 Å². The zero-order valence-corrected chi connectivity index (χ0v) is 24.3. The fraction of sp³-hybridized carbons (Fsp3) is 0.212. The Morgan fingerprint density at radius 2 is 1.62 bits per heavy atom. The van der Waals surface area contributed by atoms with E-state index < -0.39 is 0 Å². The highest BCUT2D eigenvalue weighted by molar-refractivity contribution is 7.99. The van der Waals surface area contributed by atoms with Crippen molar-refractivity contribution in [1.29, 1.82) is 0 Å². The first-order valence-electron chi connectivity index (χ1n) is 13.9. The molecule has 3 aromatic carbocycles. The van der Waals surface area contributed by atoms with Gasteiger partial charge in [-0.2, -0.15) is 0 Å². The molecule has 1 unspecified atom stereocenters. The van der Waals surface area contributed by atoms with Gasteiger partial charge in [-0.25, -0.2) is 0 Å². The van der Waals surface area contributed by atoms with E-state index in [4.69, 9.17) is 4.42 Å². The van der Waals surface area contributed by atoms with Crippen LogP contribution in [0.2, 0.25) is 0 Å². The molecule has 1 fully saturated rings. The van der Waals surface area contributed by atoms with Gasteiger partial charge in [0.1, 0.15) is 0 Å². The molecule has 8 nitrogen and oxygen atoms in total. The summed E-state index contributed by atoms with van der Waals surface area (Å²) in [6.45, 7) is 5.48. The lowest BCUT2D eigenvalue weighted by Crippen LogP contribution is -2.55. The maximum absolute atomic E-state index is 13.3. The van der Waals surface area contributed by atoms with Gasteiger partial charge in [0.15, 0.2) is 10.9 Å². The molecule has 1 atom stereocenters. The summed E-state index contributed by atoms with van der Waals surface area (Å²) in [7, 11) is 0. The highest BCUT2D eigenvalue weighted by Crippen LogP contribution is 2.29. The maximum Gasteiger partial charge on any atom is 0.254 e. The van der Waals surface area contributed by atoms with Crippen LogP contribution in [0.5, 0.6) is 0 Å². The second kappa shape index (κ2) is 12.1. The predicted molar refractivity (Wildman–Crippen MR) is 163 cm³/mol. The molecule has 9 heteroatoms. The number of amides is 2. The fourth-order valence-electron chi connectivity index (χ4n) is 5.16. The molecule has 2 amide bonds. The Kier molecular flexibility index (Phi) is 7.92. The van der Waals surface area contributed by atoms with Crippen molar-refractivity contribution in [3.63, 3.8) is 0 Å². The average Bonchev–Trinajstić information content (AvgIpc) is 3.71. The number of thioether (sulfide) groups is 1. The van der Waals surface area contributed by atoms with Crippen molar-refractivity contribution in [3.05, 3.63) is 108 Å². The van der Waals surface area contributed by atoms with Crippen molar-refractivity contribution < 1.29 is 14.0 Å². The van der Waals surface area contributed by atoms with Gasteiger partial charge in [0.2, 0.25) is 11.7 Å². The summed E-state index contributed by atoms with van der Waals surface area (Å²) < 4.78 is 7.51. The molecule has 0 radical (unpaired) electrons. The van der Waals surface area contributed by atoms with Gasteiger partial charge < -0.3 is 14.2 Å². The molecule has 212 valence electrons. The number of rotatable bonds is 7. The zero-order valence-electron chi connectivity index (χ0n) is 23.5. The minimum atomic E-state index is -0.101. The molecule has 5 aromatic rings. The molecule has 0 spiro atoms. The van der Waals surface area contributed by atoms with E-state index in [1.54, 1.807) is 6.26 Å². The summed E-state index contributed by atoms with van der Waals surface area (Å²) in [6.07, 6.45) is 1.60. The predicted octanol–water partition coefficient (Wildman–Crippen LogP) is 5.97. The molecule has 0 saturated carbocycles. The highest BCUT2D eigenvalue weighted by Gasteiger charge is 2.30. The Morgan fingerprint density at radius 3 is 2.31 bits per heavy atom. The fourth-order valence-corrected chi connectivity index (χ4v) is 6.02. The zero-order chi connectivity index (χ0) is 29.1. The van der Waals surface area contributed by atoms with E-state index in [9.17, 15) is 9.59 Å². The summed E-state index contributed by atoms with van der Waals surface area (Å²) in [5.41, 5.74) is 4.88. The van der Waals surface area contributed by atoms with Crippen molar-refractivity contribution >= 4 is 23.6 Å². The second-order valence-electron chi connectivity index (χ2n) is 10.4. The third-order valence-corrected chi connectivity index (χ3v) is 8.39. The third kappa shape index (κ3) is 5.73. The van der Waals surface area contributed by atoms with E-state index in [1.165, 1.54) is 11.8 Å². The van der Waals surface area contributed by atoms with Crippen LogP contribution in [0, 0.1) is 6.92 Å². The number of carbonyl (C=O) groups is 2. The van der Waals surface area contributed by atoms with E-state index in [1.807, 2.05) is 107 Å². The van der Waals surface area contributed by atoms with Gasteiger partial charge in [-0.3, -0.25) is 14.2 Å². The number of hydrogen-bond acceptors (Lipinski definition) is 6. The number of hydrogen-bond donors (Lipinski definition) is 0. The van der Waals surface area contributed by atoms with Gasteiger partial charge in [-0.15, -0.1) is 10.2 Å². The van der Waals surface area contributed by atoms with Crippen LogP contribution < -0.4 is 0 Å². The first-order valence-corrected chi connectivity index (χ1v) is 14.9. The van der Waals surface area contributed by atoms with Gasteiger partial charge in [-0.05, 0) is 61.4 Å². The standard InChI is InChI=1S/C33H31N5O3S/c1-23-10-16-28(17-11-23)38-31(29-9-6-20-41-29)34-35-33(38)42-22-30(39)36-18-19-37(24(2)21-36)32(40)27-14-12-26(13-15-27)25-7-4-3-5-8-25/h3-17,20,24H,18-19,21-22H2,1-2H3. The van der Waals surface area contributed by atoms with Crippen LogP contribution in [0.4, 0.5) is 0 Å². The summed E-state index contributed by atoms with van der Waals surface area (Å²) in [4.78, 5) is 30.3. The van der Waals surface area contributed by atoms with Crippen LogP contribution in [0.25, 0.3) is 28.4 Å². The third-order valence-electron chi connectivity index (χ3n) is 7.47. The maximum atomic E-state index is 13.3. The quantitative estimate of drug-likeness (QED) is 0.222. The van der Waals surface area contributed by atoms with Gasteiger partial charge in [-0.1, -0.05) is 71.9 Å². The summed E-state index contributed by atoms with van der Waals surface area (Å²) in [5.74, 6) is 1.38. The molecule has 6 rings (SSSR count). The molecule has 0 N–H and O–H groups in total. The monoisotopic (exact) mass is 577 g/mol. The lowest BCUT2D eigenvalue weighted by atomic mass is 10.0. The largest absolute Gasteiger partial charge is 0.461 e. The van der Waals surface area contributed by atoms with Crippen LogP contribution in [-0.2, 0) is 4.79 Å². The Morgan fingerprint density at radius 1 is 0.881 bits per heavy atom. The van der Waals surface area contributed by atoms with Crippen molar-refractivity contribution in [3.8, 4) is 28.4 Å². The van der Waals surface area contributed by atoms with Gasteiger partial charge in [0, 0.05) is 36.9 Å². The Balaban J connectivity index is 1.10. The Labute approximate surface area is 249 Å². The van der Waals surface area contributed by atoms with E-state index in [2.05, 4.69) is 22.3 Å². The molecule has 1 aliphatic rings. The topological polar surface area (TPSA) is 84.5 Å². The van der Waals surface area contributed by atoms with Crippen molar-refractivity contribution in [2.45, 2.75) is 25.0 Å². The number of nitrogens with zero attached hydrogens (tertiary/aromatic N) is 5. The SMILES string of the molecule is Cc1ccc(-n2c(SCC(=O)N3CCN(C(=O)c4ccc(-c5ccccc5)cc4)C(C)C3)nnc2-c2ccco2)cc1. The van der Waals surface area contributed by atoms with Gasteiger partial charge in [0.25, 0.3) is 5.91 Å². The first-order chi connectivity index (χ1) is 20.5. The van der Waals surface area contributed by atoms with Crippen LogP contribution in [0.3, 0.4) is 0 Å². The molecule has 0 aliphatic carbocycles. The van der Waals surface area contributed by atoms with E-state index in [0.717, 1.165) is 22.4 Å². The summed E-state index contributed by atoms with van der Waals surface area (Å²) >= 11 is 1.35. The van der Waals surface area contributed by atoms with Crippen molar-refractivity contribution in [2.75, 3.05) is 25.4 Å². The Hall–Kier alpha value is -4.63. The number of aryl methyl sites for hydroxylation is 1. The second-order valence-corrected chi connectivity index (χ2v) is 11.3. The molecular formula is C33H31N5O3S. The molecule has 42 heavy (non-hydrogen) atoms. The van der Waals surface area contributed by atoms with E-state index in [-0.39, 0.29) is 23.6 Å². The molecule has 2 aromatic heterocycles. The average molecular weight is 578 g/mol. The molecule has 1 aliphatic heterocycles. The first kappa shape index (κ1) is 27.5. The molecule has 1 saturated heterocycles. The molecular weight excluding hydrogens is 546 g/mol. The number of furan rings is 1. The lowest BCUT2D eigenvalue weighted by molar-refractivity contribution is -0.130. The minimum Gasteiger partial charge on any atom is -0.461 e. The number of benzene rings is 3. The normalized spacial score (nSPS) is 15.1. The molecule has 0 bridgehead atoms. The molecule has 3 heterocycles. The van der Waals surface area contributed by atoms with Crippen molar-refractivity contribution in [1.82, 2.24) is 24.6 Å². The summed E-state index contributed by atoms with van der Waals surface area (Å²) in [5, 5.41) is 9.37. The number of aromatic nitrogens is 3. The highest BCUT2D eigenvalue weighted by atomic mass is 32.2. The van der Waals surface area contributed by atoms with Gasteiger partial charge in [0.05, 0.1) is 12.0 Å².